The fourth-order valence-electron chi connectivity index (χ4n) is 1.88. The normalized spacial score (nSPS) is 12.0. The Labute approximate surface area is 120 Å². The molecule has 7 heteroatoms. The summed E-state index contributed by atoms with van der Waals surface area (Å²) in [4.78, 5) is 12.0. The lowest BCUT2D eigenvalue weighted by atomic mass is 10.1. The summed E-state index contributed by atoms with van der Waals surface area (Å²) in [7, 11) is 0. The minimum atomic E-state index is -0.941. The lowest BCUT2D eigenvalue weighted by Crippen LogP contribution is -2.26. The Hall–Kier alpha value is -2.41. The summed E-state index contributed by atoms with van der Waals surface area (Å²) in [6.07, 6.45) is 0. The predicted octanol–water partition coefficient (Wildman–Crippen LogP) is 2.64. The molecule has 0 aliphatic heterocycles. The molecule has 5 nitrogen and oxygen atoms in total. The van der Waals surface area contributed by atoms with E-state index in [9.17, 15) is 13.6 Å². The zero-order valence-electron chi connectivity index (χ0n) is 11.5. The number of aryl methyl sites for hydroxylation is 1. The summed E-state index contributed by atoms with van der Waals surface area (Å²) < 4.78 is 32.5. The number of hydrazine groups is 1. The molecule has 0 bridgehead atoms. The van der Waals surface area contributed by atoms with Crippen molar-refractivity contribution in [3.8, 4) is 0 Å². The quantitative estimate of drug-likeness (QED) is 0.598. The van der Waals surface area contributed by atoms with Gasteiger partial charge in [0.25, 0.3) is 5.91 Å². The van der Waals surface area contributed by atoms with E-state index in [1.165, 1.54) is 0 Å². The van der Waals surface area contributed by atoms with E-state index in [2.05, 4.69) is 5.32 Å². The third kappa shape index (κ3) is 3.19. The number of carbonyl (C=O) groups excluding carboxylic acids is 1. The van der Waals surface area contributed by atoms with E-state index in [-0.39, 0.29) is 5.56 Å². The van der Waals surface area contributed by atoms with Crippen molar-refractivity contribution in [1.29, 1.82) is 0 Å². The molecule has 0 aliphatic rings. The third-order valence-electron chi connectivity index (χ3n) is 2.98. The SMILES string of the molecule is Cc1ccc(C(C)NC(=O)c2cc(F)c(NN)c(F)c2)o1. The summed E-state index contributed by atoms with van der Waals surface area (Å²) in [6, 6.07) is 4.88. The topological polar surface area (TPSA) is 80.3 Å². The fraction of sp³-hybridized carbons (Fsp3) is 0.214. The van der Waals surface area contributed by atoms with Crippen LogP contribution in [-0.4, -0.2) is 5.91 Å². The number of furan rings is 1. The maximum absolute atomic E-state index is 13.6. The molecule has 0 saturated carbocycles. The van der Waals surface area contributed by atoms with Crippen LogP contribution in [0.1, 0.15) is 34.8 Å². The van der Waals surface area contributed by atoms with Crippen LogP contribution >= 0.6 is 0 Å². The molecule has 21 heavy (non-hydrogen) atoms. The van der Waals surface area contributed by atoms with E-state index in [1.807, 2.05) is 5.43 Å². The number of nitrogens with two attached hydrogens (primary N) is 1. The summed E-state index contributed by atoms with van der Waals surface area (Å²) in [6.45, 7) is 3.49. The maximum Gasteiger partial charge on any atom is 0.252 e. The molecule has 2 aromatic rings. The van der Waals surface area contributed by atoms with Gasteiger partial charge >= 0.3 is 0 Å². The first-order chi connectivity index (χ1) is 9.92. The second-order valence-electron chi connectivity index (χ2n) is 4.60. The van der Waals surface area contributed by atoms with Crippen molar-refractivity contribution in [2.24, 2.45) is 5.84 Å². The molecule has 1 aromatic carbocycles. The first-order valence-electron chi connectivity index (χ1n) is 6.25. The molecule has 0 radical (unpaired) electrons. The molecular weight excluding hydrogens is 280 g/mol. The zero-order valence-corrected chi connectivity index (χ0v) is 11.5. The van der Waals surface area contributed by atoms with Crippen molar-refractivity contribution in [2.45, 2.75) is 19.9 Å². The number of rotatable bonds is 4. The van der Waals surface area contributed by atoms with Gasteiger partial charge in [-0.05, 0) is 38.1 Å². The van der Waals surface area contributed by atoms with Crippen LogP contribution in [0.25, 0.3) is 0 Å². The Morgan fingerprint density at radius 1 is 1.29 bits per heavy atom. The minimum absolute atomic E-state index is 0.140. The molecule has 4 N–H and O–H groups in total. The average molecular weight is 295 g/mol. The first-order valence-corrected chi connectivity index (χ1v) is 6.25. The second kappa shape index (κ2) is 5.92. The van der Waals surface area contributed by atoms with Crippen LogP contribution in [0.2, 0.25) is 0 Å². The lowest BCUT2D eigenvalue weighted by molar-refractivity contribution is 0.0934. The van der Waals surface area contributed by atoms with Crippen molar-refractivity contribution in [3.05, 3.63) is 53.0 Å². The minimum Gasteiger partial charge on any atom is -0.464 e. The number of carbonyl (C=O) groups is 1. The van der Waals surface area contributed by atoms with E-state index in [0.29, 0.717) is 11.5 Å². The summed E-state index contributed by atoms with van der Waals surface area (Å²) in [5.74, 6) is 3.77. The number of amides is 1. The van der Waals surface area contributed by atoms with Crippen molar-refractivity contribution < 1.29 is 18.0 Å². The first kappa shape index (κ1) is 15.0. The van der Waals surface area contributed by atoms with Crippen molar-refractivity contribution >= 4 is 11.6 Å². The molecule has 1 amide bonds. The van der Waals surface area contributed by atoms with E-state index in [1.54, 1.807) is 26.0 Å². The highest BCUT2D eigenvalue weighted by atomic mass is 19.1. The van der Waals surface area contributed by atoms with Gasteiger partial charge in [0.15, 0.2) is 11.6 Å². The molecule has 1 atom stereocenters. The number of nitrogens with one attached hydrogen (secondary N) is 2. The smallest absolute Gasteiger partial charge is 0.252 e. The van der Waals surface area contributed by atoms with Crippen molar-refractivity contribution in [1.82, 2.24) is 5.32 Å². The number of benzene rings is 1. The van der Waals surface area contributed by atoms with E-state index >= 15 is 0 Å². The number of hydrogen-bond acceptors (Lipinski definition) is 4. The van der Waals surface area contributed by atoms with Gasteiger partial charge in [0.2, 0.25) is 0 Å². The van der Waals surface area contributed by atoms with Gasteiger partial charge in [-0.1, -0.05) is 0 Å². The van der Waals surface area contributed by atoms with Crippen molar-refractivity contribution in [3.63, 3.8) is 0 Å². The number of nitrogen functional groups attached to an aromatic ring is 1. The summed E-state index contributed by atoms with van der Waals surface area (Å²) >= 11 is 0. The molecule has 112 valence electrons. The Morgan fingerprint density at radius 2 is 1.90 bits per heavy atom. The largest absolute Gasteiger partial charge is 0.464 e. The standard InChI is InChI=1S/C14H15F2N3O2/c1-7-3-4-12(21-7)8(2)18-14(20)9-5-10(15)13(19-17)11(16)6-9/h3-6,8,19H,17H2,1-2H3,(H,18,20). The van der Waals surface area contributed by atoms with Gasteiger partial charge in [0, 0.05) is 5.56 Å². The highest BCUT2D eigenvalue weighted by molar-refractivity contribution is 5.94. The Morgan fingerprint density at radius 3 is 2.38 bits per heavy atom. The van der Waals surface area contributed by atoms with Crippen LogP contribution < -0.4 is 16.6 Å². The number of hydrogen-bond donors (Lipinski definition) is 3. The summed E-state index contributed by atoms with van der Waals surface area (Å²) in [5, 5.41) is 2.60. The van der Waals surface area contributed by atoms with Gasteiger partial charge in [-0.2, -0.15) is 0 Å². The predicted molar refractivity (Wildman–Crippen MR) is 73.5 cm³/mol. The van der Waals surface area contributed by atoms with E-state index in [4.69, 9.17) is 10.3 Å². The third-order valence-corrected chi connectivity index (χ3v) is 2.98. The van der Waals surface area contributed by atoms with Gasteiger partial charge in [-0.25, -0.2) is 8.78 Å². The van der Waals surface area contributed by atoms with Crippen LogP contribution in [0.3, 0.4) is 0 Å². The van der Waals surface area contributed by atoms with Crippen LogP contribution in [0.4, 0.5) is 14.5 Å². The van der Waals surface area contributed by atoms with Crippen molar-refractivity contribution in [2.75, 3.05) is 5.43 Å². The molecular formula is C14H15F2N3O2. The Balaban J connectivity index is 2.17. The van der Waals surface area contributed by atoms with Gasteiger partial charge in [0.05, 0.1) is 6.04 Å². The molecule has 0 spiro atoms. The monoisotopic (exact) mass is 295 g/mol. The average Bonchev–Trinajstić information content (AvgIpc) is 2.85. The molecule has 2 rings (SSSR count). The summed E-state index contributed by atoms with van der Waals surface area (Å²) in [5.41, 5.74) is 1.28. The van der Waals surface area contributed by atoms with Gasteiger partial charge in [0.1, 0.15) is 17.2 Å². The molecule has 1 unspecified atom stereocenters. The molecule has 1 aromatic heterocycles. The lowest BCUT2D eigenvalue weighted by Gasteiger charge is -2.12. The fourth-order valence-corrected chi connectivity index (χ4v) is 1.88. The molecule has 1 heterocycles. The molecule has 0 saturated heterocycles. The van der Waals surface area contributed by atoms with Crippen LogP contribution in [0.5, 0.6) is 0 Å². The zero-order chi connectivity index (χ0) is 15.6. The van der Waals surface area contributed by atoms with E-state index in [0.717, 1.165) is 12.1 Å². The highest BCUT2D eigenvalue weighted by Crippen LogP contribution is 2.21. The maximum atomic E-state index is 13.6. The van der Waals surface area contributed by atoms with Gasteiger partial charge in [-0.3, -0.25) is 10.6 Å². The highest BCUT2D eigenvalue weighted by Gasteiger charge is 2.18. The van der Waals surface area contributed by atoms with Crippen LogP contribution in [0.15, 0.2) is 28.7 Å². The van der Waals surface area contributed by atoms with E-state index < -0.39 is 29.3 Å². The van der Waals surface area contributed by atoms with Crippen LogP contribution in [0, 0.1) is 18.6 Å². The van der Waals surface area contributed by atoms with Crippen LogP contribution in [-0.2, 0) is 0 Å². The molecule has 0 fully saturated rings. The Kier molecular flexibility index (Phi) is 4.23. The Bertz CT molecular complexity index is 647. The van der Waals surface area contributed by atoms with Gasteiger partial charge in [-0.15, -0.1) is 0 Å². The molecule has 0 aliphatic carbocycles. The number of anilines is 1. The van der Waals surface area contributed by atoms with Gasteiger partial charge < -0.3 is 15.2 Å². The number of halogens is 2. The second-order valence-corrected chi connectivity index (χ2v) is 4.60.